The number of ether oxygens (including phenoxy) is 1. The van der Waals surface area contributed by atoms with E-state index >= 15 is 0 Å². The van der Waals surface area contributed by atoms with Crippen LogP contribution in [0.3, 0.4) is 0 Å². The number of nitrogens with one attached hydrogen (secondary N) is 2. The molecule has 1 atom stereocenters. The van der Waals surface area contributed by atoms with E-state index in [0.717, 1.165) is 36.1 Å². The number of aryl methyl sites for hydroxylation is 1. The molecule has 0 amide bonds. The average Bonchev–Trinajstić information content (AvgIpc) is 2.94. The molecule has 0 saturated carbocycles. The quantitative estimate of drug-likeness (QED) is 0.835. The standard InChI is InChI=1S/C15H24N2O3S/c1-11-7-13(9-16-3)8-15(12(11)2)21(18,19)17-10-14-5-4-6-20-14/h7-8,14,16-17H,4-6,9-10H2,1-3H3. The maximum Gasteiger partial charge on any atom is 0.240 e. The van der Waals surface area contributed by atoms with Crippen molar-refractivity contribution in [3.63, 3.8) is 0 Å². The van der Waals surface area contributed by atoms with Gasteiger partial charge in [0.2, 0.25) is 10.0 Å². The third-order valence-electron chi connectivity index (χ3n) is 3.87. The maximum absolute atomic E-state index is 12.5. The van der Waals surface area contributed by atoms with Gasteiger partial charge in [-0.3, -0.25) is 0 Å². The van der Waals surface area contributed by atoms with Crippen LogP contribution in [-0.2, 0) is 21.3 Å². The number of hydrogen-bond donors (Lipinski definition) is 2. The first kappa shape index (κ1) is 16.4. The Morgan fingerprint density at radius 1 is 1.33 bits per heavy atom. The molecular weight excluding hydrogens is 288 g/mol. The minimum absolute atomic E-state index is 0.00155. The molecule has 2 rings (SSSR count). The Labute approximate surface area is 127 Å². The van der Waals surface area contributed by atoms with Crippen molar-refractivity contribution in [1.82, 2.24) is 10.0 Å². The molecule has 1 aromatic carbocycles. The fraction of sp³-hybridized carbons (Fsp3) is 0.600. The van der Waals surface area contributed by atoms with Crippen LogP contribution in [0.2, 0.25) is 0 Å². The van der Waals surface area contributed by atoms with Crippen LogP contribution in [0.4, 0.5) is 0 Å². The van der Waals surface area contributed by atoms with Crippen LogP contribution in [0.1, 0.15) is 29.5 Å². The van der Waals surface area contributed by atoms with E-state index in [-0.39, 0.29) is 6.10 Å². The Morgan fingerprint density at radius 2 is 2.10 bits per heavy atom. The second-order valence-corrected chi connectivity index (χ2v) is 7.29. The van der Waals surface area contributed by atoms with Crippen molar-refractivity contribution in [3.8, 4) is 0 Å². The highest BCUT2D eigenvalue weighted by Crippen LogP contribution is 2.21. The van der Waals surface area contributed by atoms with E-state index in [1.165, 1.54) is 0 Å². The summed E-state index contributed by atoms with van der Waals surface area (Å²) in [5.74, 6) is 0. The zero-order valence-corrected chi connectivity index (χ0v) is 13.7. The van der Waals surface area contributed by atoms with Gasteiger partial charge >= 0.3 is 0 Å². The van der Waals surface area contributed by atoms with E-state index in [1.54, 1.807) is 6.07 Å². The van der Waals surface area contributed by atoms with Crippen LogP contribution in [-0.4, -0.2) is 34.7 Å². The summed E-state index contributed by atoms with van der Waals surface area (Å²) in [4.78, 5) is 0.366. The van der Waals surface area contributed by atoms with Crippen LogP contribution in [0.5, 0.6) is 0 Å². The SMILES string of the molecule is CNCc1cc(C)c(C)c(S(=O)(=O)NCC2CCCO2)c1. The molecule has 0 spiro atoms. The lowest BCUT2D eigenvalue weighted by molar-refractivity contribution is 0.114. The first-order valence-electron chi connectivity index (χ1n) is 7.30. The molecular formula is C15H24N2O3S. The summed E-state index contributed by atoms with van der Waals surface area (Å²) < 4.78 is 33.2. The van der Waals surface area contributed by atoms with E-state index in [0.29, 0.717) is 18.0 Å². The number of benzene rings is 1. The van der Waals surface area contributed by atoms with E-state index in [4.69, 9.17) is 4.74 Å². The number of rotatable bonds is 6. The lowest BCUT2D eigenvalue weighted by atomic mass is 10.1. The second kappa shape index (κ2) is 6.87. The molecule has 0 bridgehead atoms. The molecule has 1 unspecified atom stereocenters. The molecule has 1 aliphatic rings. The Bertz CT molecular complexity index is 593. The van der Waals surface area contributed by atoms with Gasteiger partial charge in [-0.05, 0) is 56.5 Å². The van der Waals surface area contributed by atoms with Gasteiger partial charge in [0.15, 0.2) is 0 Å². The van der Waals surface area contributed by atoms with Gasteiger partial charge in [-0.25, -0.2) is 13.1 Å². The summed E-state index contributed by atoms with van der Waals surface area (Å²) in [6.07, 6.45) is 1.92. The summed E-state index contributed by atoms with van der Waals surface area (Å²) in [5, 5.41) is 3.05. The van der Waals surface area contributed by atoms with Crippen molar-refractivity contribution < 1.29 is 13.2 Å². The summed E-state index contributed by atoms with van der Waals surface area (Å²) >= 11 is 0. The smallest absolute Gasteiger partial charge is 0.240 e. The van der Waals surface area contributed by atoms with Crippen molar-refractivity contribution in [2.45, 2.75) is 44.2 Å². The Hall–Kier alpha value is -0.950. The summed E-state index contributed by atoms with van der Waals surface area (Å²) in [6.45, 7) is 5.50. The van der Waals surface area contributed by atoms with E-state index in [1.807, 2.05) is 27.0 Å². The van der Waals surface area contributed by atoms with Gasteiger partial charge < -0.3 is 10.1 Å². The highest BCUT2D eigenvalue weighted by atomic mass is 32.2. The van der Waals surface area contributed by atoms with Gasteiger partial charge in [-0.1, -0.05) is 6.07 Å². The predicted molar refractivity (Wildman–Crippen MR) is 82.8 cm³/mol. The summed E-state index contributed by atoms with van der Waals surface area (Å²) in [7, 11) is -1.65. The molecule has 118 valence electrons. The van der Waals surface area contributed by atoms with Gasteiger partial charge in [0.1, 0.15) is 0 Å². The lowest BCUT2D eigenvalue weighted by Gasteiger charge is -2.15. The van der Waals surface area contributed by atoms with Crippen LogP contribution in [0.15, 0.2) is 17.0 Å². The van der Waals surface area contributed by atoms with E-state index in [2.05, 4.69) is 10.0 Å². The van der Waals surface area contributed by atoms with Crippen molar-refractivity contribution >= 4 is 10.0 Å². The third-order valence-corrected chi connectivity index (χ3v) is 5.42. The first-order valence-corrected chi connectivity index (χ1v) is 8.78. The van der Waals surface area contributed by atoms with Crippen LogP contribution < -0.4 is 10.0 Å². The molecule has 1 heterocycles. The van der Waals surface area contributed by atoms with E-state index < -0.39 is 10.0 Å². The predicted octanol–water partition coefficient (Wildman–Crippen LogP) is 1.48. The lowest BCUT2D eigenvalue weighted by Crippen LogP contribution is -2.32. The average molecular weight is 312 g/mol. The van der Waals surface area contributed by atoms with Gasteiger partial charge in [0.05, 0.1) is 11.0 Å². The monoisotopic (exact) mass is 312 g/mol. The molecule has 2 N–H and O–H groups in total. The normalized spacial score (nSPS) is 19.1. The highest BCUT2D eigenvalue weighted by Gasteiger charge is 2.22. The second-order valence-electron chi connectivity index (χ2n) is 5.55. The van der Waals surface area contributed by atoms with Gasteiger partial charge in [0.25, 0.3) is 0 Å². The van der Waals surface area contributed by atoms with Gasteiger partial charge in [-0.15, -0.1) is 0 Å². The van der Waals surface area contributed by atoms with Crippen molar-refractivity contribution in [2.24, 2.45) is 0 Å². The molecule has 0 aromatic heterocycles. The van der Waals surface area contributed by atoms with Gasteiger partial charge in [0, 0.05) is 19.7 Å². The zero-order chi connectivity index (χ0) is 15.5. The molecule has 1 saturated heterocycles. The molecule has 1 aromatic rings. The first-order chi connectivity index (χ1) is 9.94. The summed E-state index contributed by atoms with van der Waals surface area (Å²) in [5.41, 5.74) is 2.76. The molecule has 0 radical (unpaired) electrons. The minimum atomic E-state index is -3.50. The molecule has 6 heteroatoms. The number of hydrogen-bond acceptors (Lipinski definition) is 4. The molecule has 1 aliphatic heterocycles. The molecule has 5 nitrogen and oxygen atoms in total. The Balaban J connectivity index is 2.21. The summed E-state index contributed by atoms with van der Waals surface area (Å²) in [6, 6.07) is 3.77. The number of sulfonamides is 1. The van der Waals surface area contributed by atoms with Gasteiger partial charge in [-0.2, -0.15) is 0 Å². The van der Waals surface area contributed by atoms with Crippen LogP contribution >= 0.6 is 0 Å². The zero-order valence-electron chi connectivity index (χ0n) is 12.9. The van der Waals surface area contributed by atoms with Crippen molar-refractivity contribution in [1.29, 1.82) is 0 Å². The molecule has 1 fully saturated rings. The fourth-order valence-electron chi connectivity index (χ4n) is 2.57. The largest absolute Gasteiger partial charge is 0.377 e. The minimum Gasteiger partial charge on any atom is -0.377 e. The molecule has 0 aliphatic carbocycles. The highest BCUT2D eigenvalue weighted by molar-refractivity contribution is 7.89. The van der Waals surface area contributed by atoms with E-state index in [9.17, 15) is 8.42 Å². The topological polar surface area (TPSA) is 67.4 Å². The van der Waals surface area contributed by atoms with Crippen molar-refractivity contribution in [2.75, 3.05) is 20.2 Å². The maximum atomic E-state index is 12.5. The Kier molecular flexibility index (Phi) is 5.37. The third kappa shape index (κ3) is 4.03. The van der Waals surface area contributed by atoms with Crippen molar-refractivity contribution in [3.05, 3.63) is 28.8 Å². The molecule has 21 heavy (non-hydrogen) atoms. The Morgan fingerprint density at radius 3 is 2.71 bits per heavy atom. The fourth-order valence-corrected chi connectivity index (χ4v) is 4.00. The van der Waals surface area contributed by atoms with Crippen LogP contribution in [0, 0.1) is 13.8 Å². The van der Waals surface area contributed by atoms with Crippen LogP contribution in [0.25, 0.3) is 0 Å².